The van der Waals surface area contributed by atoms with Gasteiger partial charge in [-0.25, -0.2) is 14.2 Å². The summed E-state index contributed by atoms with van der Waals surface area (Å²) in [6, 6.07) is 6.27. The summed E-state index contributed by atoms with van der Waals surface area (Å²) in [6.07, 6.45) is 0.908. The van der Waals surface area contributed by atoms with Crippen LogP contribution in [0.1, 0.15) is 21.7 Å². The van der Waals surface area contributed by atoms with Crippen molar-refractivity contribution in [3.63, 3.8) is 0 Å². The number of aryl methyl sites for hydroxylation is 1. The molecule has 2 aromatic rings. The number of carboxylic acids is 1. The molecule has 0 saturated carbocycles. The van der Waals surface area contributed by atoms with E-state index in [0.29, 0.717) is 5.69 Å². The summed E-state index contributed by atoms with van der Waals surface area (Å²) in [5, 5.41) is 8.93. The van der Waals surface area contributed by atoms with Gasteiger partial charge in [0.15, 0.2) is 0 Å². The topological polar surface area (TPSA) is 72.3 Å². The normalized spacial score (nSPS) is 10.2. The minimum Gasteiger partial charge on any atom is -0.477 e. The van der Waals surface area contributed by atoms with Crippen molar-refractivity contribution in [2.45, 2.75) is 13.5 Å². The van der Waals surface area contributed by atoms with Crippen LogP contribution in [0.4, 0.5) is 4.39 Å². The van der Waals surface area contributed by atoms with Gasteiger partial charge in [0.2, 0.25) is 5.88 Å². The zero-order chi connectivity index (χ0) is 13.8. The Bertz CT molecular complexity index is 617. The van der Waals surface area contributed by atoms with Crippen molar-refractivity contribution < 1.29 is 19.0 Å². The molecular formula is C13H11FN2O3. The van der Waals surface area contributed by atoms with E-state index in [-0.39, 0.29) is 18.1 Å². The standard InChI is InChI=1S/C13H11FN2O3/c1-8-3-2-4-10(16-8)7-19-12-11(13(17)18)5-9(14)6-15-12/h2-6H,7H2,1H3,(H,17,18). The zero-order valence-electron chi connectivity index (χ0n) is 10.1. The Kier molecular flexibility index (Phi) is 3.70. The van der Waals surface area contributed by atoms with Crippen molar-refractivity contribution in [3.8, 4) is 5.88 Å². The fraction of sp³-hybridized carbons (Fsp3) is 0.154. The molecule has 98 valence electrons. The third-order valence-electron chi connectivity index (χ3n) is 2.35. The summed E-state index contributed by atoms with van der Waals surface area (Å²) in [5.41, 5.74) is 1.15. The Morgan fingerprint density at radius 1 is 1.47 bits per heavy atom. The Morgan fingerprint density at radius 3 is 2.95 bits per heavy atom. The van der Waals surface area contributed by atoms with Gasteiger partial charge in [0.05, 0.1) is 11.9 Å². The number of aromatic carboxylic acids is 1. The van der Waals surface area contributed by atoms with Crippen molar-refractivity contribution in [3.05, 3.63) is 53.2 Å². The molecule has 2 rings (SSSR count). The predicted octanol–water partition coefficient (Wildman–Crippen LogP) is 2.20. The van der Waals surface area contributed by atoms with Gasteiger partial charge < -0.3 is 9.84 Å². The largest absolute Gasteiger partial charge is 0.477 e. The predicted molar refractivity (Wildman–Crippen MR) is 64.5 cm³/mol. The number of pyridine rings is 2. The highest BCUT2D eigenvalue weighted by molar-refractivity contribution is 5.90. The third kappa shape index (κ3) is 3.25. The minimum atomic E-state index is -1.29. The molecule has 0 unspecified atom stereocenters. The maximum absolute atomic E-state index is 12.9. The number of carboxylic acid groups (broad SMARTS) is 1. The van der Waals surface area contributed by atoms with E-state index in [4.69, 9.17) is 9.84 Å². The smallest absolute Gasteiger partial charge is 0.341 e. The lowest BCUT2D eigenvalue weighted by Gasteiger charge is -2.07. The molecule has 2 heterocycles. The first kappa shape index (κ1) is 12.9. The van der Waals surface area contributed by atoms with E-state index in [1.807, 2.05) is 19.1 Å². The summed E-state index contributed by atoms with van der Waals surface area (Å²) < 4.78 is 18.2. The number of halogens is 1. The first-order chi connectivity index (χ1) is 9.06. The second kappa shape index (κ2) is 5.43. The molecule has 1 N–H and O–H groups in total. The Balaban J connectivity index is 2.17. The average molecular weight is 262 g/mol. The lowest BCUT2D eigenvalue weighted by Crippen LogP contribution is -2.07. The van der Waals surface area contributed by atoms with Crippen LogP contribution in [0.15, 0.2) is 30.5 Å². The molecule has 0 saturated heterocycles. The molecule has 0 spiro atoms. The SMILES string of the molecule is Cc1cccc(COc2ncc(F)cc2C(=O)O)n1. The van der Waals surface area contributed by atoms with Gasteiger partial charge in [-0.15, -0.1) is 0 Å². The summed E-state index contributed by atoms with van der Waals surface area (Å²) in [7, 11) is 0. The highest BCUT2D eigenvalue weighted by atomic mass is 19.1. The fourth-order valence-corrected chi connectivity index (χ4v) is 1.52. The second-order valence-corrected chi connectivity index (χ2v) is 3.87. The van der Waals surface area contributed by atoms with Crippen LogP contribution >= 0.6 is 0 Å². The van der Waals surface area contributed by atoms with Crippen LogP contribution in [0, 0.1) is 12.7 Å². The van der Waals surface area contributed by atoms with E-state index in [9.17, 15) is 9.18 Å². The highest BCUT2D eigenvalue weighted by Crippen LogP contribution is 2.17. The van der Waals surface area contributed by atoms with Crippen molar-refractivity contribution in [2.75, 3.05) is 0 Å². The molecule has 0 aromatic carbocycles. The summed E-state index contributed by atoms with van der Waals surface area (Å²) in [5.74, 6) is -2.14. The lowest BCUT2D eigenvalue weighted by atomic mass is 10.2. The van der Waals surface area contributed by atoms with E-state index < -0.39 is 11.8 Å². The van der Waals surface area contributed by atoms with Crippen LogP contribution in [-0.4, -0.2) is 21.0 Å². The Morgan fingerprint density at radius 2 is 2.26 bits per heavy atom. The number of aromatic nitrogens is 2. The quantitative estimate of drug-likeness (QED) is 0.914. The first-order valence-electron chi connectivity index (χ1n) is 5.50. The third-order valence-corrected chi connectivity index (χ3v) is 2.35. The lowest BCUT2D eigenvalue weighted by molar-refractivity contribution is 0.0689. The maximum Gasteiger partial charge on any atom is 0.341 e. The van der Waals surface area contributed by atoms with Crippen LogP contribution in [0.25, 0.3) is 0 Å². The molecule has 2 aromatic heterocycles. The highest BCUT2D eigenvalue weighted by Gasteiger charge is 2.14. The monoisotopic (exact) mass is 262 g/mol. The van der Waals surface area contributed by atoms with Gasteiger partial charge >= 0.3 is 5.97 Å². The fourth-order valence-electron chi connectivity index (χ4n) is 1.52. The summed E-state index contributed by atoms with van der Waals surface area (Å²) in [4.78, 5) is 18.8. The molecular weight excluding hydrogens is 251 g/mol. The molecule has 19 heavy (non-hydrogen) atoms. The minimum absolute atomic E-state index is 0.0700. The van der Waals surface area contributed by atoms with Gasteiger partial charge in [0.25, 0.3) is 0 Å². The molecule has 0 amide bonds. The molecule has 0 atom stereocenters. The van der Waals surface area contributed by atoms with E-state index >= 15 is 0 Å². The van der Waals surface area contributed by atoms with Crippen LogP contribution in [0.3, 0.4) is 0 Å². The first-order valence-corrected chi connectivity index (χ1v) is 5.50. The Hall–Kier alpha value is -2.50. The summed E-state index contributed by atoms with van der Waals surface area (Å²) >= 11 is 0. The number of ether oxygens (including phenoxy) is 1. The second-order valence-electron chi connectivity index (χ2n) is 3.87. The van der Waals surface area contributed by atoms with Crippen molar-refractivity contribution in [1.29, 1.82) is 0 Å². The van der Waals surface area contributed by atoms with Crippen LogP contribution in [0.5, 0.6) is 5.88 Å². The van der Waals surface area contributed by atoms with Gasteiger partial charge in [-0.05, 0) is 25.1 Å². The zero-order valence-corrected chi connectivity index (χ0v) is 10.1. The van der Waals surface area contributed by atoms with Gasteiger partial charge in [-0.3, -0.25) is 4.98 Å². The van der Waals surface area contributed by atoms with E-state index in [2.05, 4.69) is 9.97 Å². The Labute approximate surface area is 108 Å². The molecule has 0 aliphatic carbocycles. The number of hydrogen-bond donors (Lipinski definition) is 1. The van der Waals surface area contributed by atoms with Crippen molar-refractivity contribution in [1.82, 2.24) is 9.97 Å². The molecule has 0 radical (unpaired) electrons. The number of hydrogen-bond acceptors (Lipinski definition) is 4. The van der Waals surface area contributed by atoms with Gasteiger partial charge in [-0.1, -0.05) is 6.07 Å². The van der Waals surface area contributed by atoms with E-state index in [0.717, 1.165) is 18.0 Å². The molecule has 0 bridgehead atoms. The van der Waals surface area contributed by atoms with Crippen LogP contribution in [-0.2, 0) is 6.61 Å². The number of rotatable bonds is 4. The molecule has 0 fully saturated rings. The number of carbonyl (C=O) groups is 1. The summed E-state index contributed by atoms with van der Waals surface area (Å²) in [6.45, 7) is 1.91. The molecule has 5 nitrogen and oxygen atoms in total. The van der Waals surface area contributed by atoms with Gasteiger partial charge in [0.1, 0.15) is 18.0 Å². The maximum atomic E-state index is 12.9. The average Bonchev–Trinajstić information content (AvgIpc) is 2.37. The van der Waals surface area contributed by atoms with Gasteiger partial charge in [-0.2, -0.15) is 0 Å². The molecule has 0 aliphatic heterocycles. The van der Waals surface area contributed by atoms with Crippen LogP contribution in [0.2, 0.25) is 0 Å². The molecule has 0 aliphatic rings. The van der Waals surface area contributed by atoms with Crippen molar-refractivity contribution >= 4 is 5.97 Å². The van der Waals surface area contributed by atoms with Crippen molar-refractivity contribution in [2.24, 2.45) is 0 Å². The van der Waals surface area contributed by atoms with E-state index in [1.165, 1.54) is 0 Å². The molecule has 6 heteroatoms. The number of nitrogens with zero attached hydrogens (tertiary/aromatic N) is 2. The van der Waals surface area contributed by atoms with Crippen LogP contribution < -0.4 is 4.74 Å². The van der Waals surface area contributed by atoms with Gasteiger partial charge in [0, 0.05) is 5.69 Å². The van der Waals surface area contributed by atoms with E-state index in [1.54, 1.807) is 6.07 Å².